The third kappa shape index (κ3) is 3.27. The number of nitrogens with two attached hydrogens (primary N) is 1. The number of carbonyl (C=O) groups is 1. The van der Waals surface area contributed by atoms with Gasteiger partial charge in [0.1, 0.15) is 4.21 Å². The van der Waals surface area contributed by atoms with E-state index < -0.39 is 10.0 Å². The maximum Gasteiger partial charge on any atom is 0.247 e. The van der Waals surface area contributed by atoms with E-state index in [-0.39, 0.29) is 16.5 Å². The van der Waals surface area contributed by atoms with Gasteiger partial charge in [0.25, 0.3) is 0 Å². The van der Waals surface area contributed by atoms with Gasteiger partial charge in [-0.05, 0) is 31.4 Å². The minimum absolute atomic E-state index is 0.0579. The van der Waals surface area contributed by atoms with Gasteiger partial charge in [0.2, 0.25) is 15.9 Å². The molecule has 1 aliphatic carbocycles. The van der Waals surface area contributed by atoms with Crippen molar-refractivity contribution in [2.45, 2.75) is 35.9 Å². The highest BCUT2D eigenvalue weighted by Crippen LogP contribution is 2.22. The third-order valence-corrected chi connectivity index (χ3v) is 5.25. The van der Waals surface area contributed by atoms with Crippen LogP contribution >= 0.6 is 11.3 Å². The number of carbonyl (C=O) groups excluding carboxylic acids is 1. The van der Waals surface area contributed by atoms with Gasteiger partial charge in [0.15, 0.2) is 0 Å². The summed E-state index contributed by atoms with van der Waals surface area (Å²) < 4.78 is 22.2. The van der Waals surface area contributed by atoms with E-state index in [0.717, 1.165) is 24.2 Å². The van der Waals surface area contributed by atoms with Crippen molar-refractivity contribution in [3.05, 3.63) is 17.0 Å². The Morgan fingerprint density at radius 1 is 1.47 bits per heavy atom. The van der Waals surface area contributed by atoms with Crippen molar-refractivity contribution in [2.24, 2.45) is 5.14 Å². The van der Waals surface area contributed by atoms with E-state index in [4.69, 9.17) is 5.14 Å². The second-order valence-electron chi connectivity index (χ2n) is 4.14. The van der Waals surface area contributed by atoms with E-state index >= 15 is 0 Å². The molecule has 1 aromatic rings. The fraction of sp³-hybridized carbons (Fsp3) is 0.500. The molecule has 5 nitrogen and oxygen atoms in total. The standard InChI is InChI=1S/C10H14N2O3S2/c11-17(14,15)10-5-4-8(16-10)6-9(13)12-7-2-1-3-7/h4-5,7H,1-3,6H2,(H,12,13)(H2,11,14,15). The summed E-state index contributed by atoms with van der Waals surface area (Å²) in [6.07, 6.45) is 3.47. The van der Waals surface area contributed by atoms with Crippen LogP contribution in [0.3, 0.4) is 0 Å². The summed E-state index contributed by atoms with van der Waals surface area (Å²) in [6.45, 7) is 0. The predicted molar refractivity (Wildman–Crippen MR) is 65.2 cm³/mol. The molecule has 0 bridgehead atoms. The van der Waals surface area contributed by atoms with Crippen LogP contribution in [0.15, 0.2) is 16.3 Å². The Morgan fingerprint density at radius 3 is 2.65 bits per heavy atom. The first-order chi connectivity index (χ1) is 7.95. The molecule has 1 saturated carbocycles. The van der Waals surface area contributed by atoms with Gasteiger partial charge < -0.3 is 5.32 Å². The van der Waals surface area contributed by atoms with Crippen LogP contribution in [0.4, 0.5) is 0 Å². The molecule has 7 heteroatoms. The number of amides is 1. The second-order valence-corrected chi connectivity index (χ2v) is 7.09. The Hall–Kier alpha value is -0.920. The Bertz CT molecular complexity index is 517. The van der Waals surface area contributed by atoms with Crippen LogP contribution in [-0.2, 0) is 21.2 Å². The molecule has 0 spiro atoms. The maximum absolute atomic E-state index is 11.6. The van der Waals surface area contributed by atoms with Gasteiger partial charge >= 0.3 is 0 Å². The molecule has 0 saturated heterocycles. The first-order valence-corrected chi connectivity index (χ1v) is 7.72. The molecule has 1 aromatic heterocycles. The summed E-state index contributed by atoms with van der Waals surface area (Å²) in [6, 6.07) is 3.37. The molecule has 17 heavy (non-hydrogen) atoms. The molecule has 94 valence electrons. The SMILES string of the molecule is NS(=O)(=O)c1ccc(CC(=O)NC2CCC2)s1. The maximum atomic E-state index is 11.6. The minimum atomic E-state index is -3.65. The molecule has 1 amide bonds. The van der Waals surface area contributed by atoms with Crippen LogP contribution in [0.1, 0.15) is 24.1 Å². The monoisotopic (exact) mass is 274 g/mol. The quantitative estimate of drug-likeness (QED) is 0.843. The molecular weight excluding hydrogens is 260 g/mol. The number of hydrogen-bond acceptors (Lipinski definition) is 4. The van der Waals surface area contributed by atoms with E-state index in [9.17, 15) is 13.2 Å². The van der Waals surface area contributed by atoms with E-state index in [1.165, 1.54) is 12.5 Å². The first-order valence-electron chi connectivity index (χ1n) is 5.36. The summed E-state index contributed by atoms with van der Waals surface area (Å²) in [5.41, 5.74) is 0. The zero-order chi connectivity index (χ0) is 12.5. The fourth-order valence-corrected chi connectivity index (χ4v) is 3.37. The van der Waals surface area contributed by atoms with E-state index in [1.807, 2.05) is 0 Å². The van der Waals surface area contributed by atoms with Crippen molar-refractivity contribution in [2.75, 3.05) is 0 Å². The number of primary sulfonamides is 1. The van der Waals surface area contributed by atoms with Crippen molar-refractivity contribution in [1.29, 1.82) is 0 Å². The highest BCUT2D eigenvalue weighted by molar-refractivity contribution is 7.91. The molecule has 1 fully saturated rings. The van der Waals surface area contributed by atoms with Gasteiger partial charge in [0.05, 0.1) is 6.42 Å². The number of hydrogen-bond donors (Lipinski definition) is 2. The van der Waals surface area contributed by atoms with Crippen molar-refractivity contribution in [3.63, 3.8) is 0 Å². The molecule has 0 atom stereocenters. The lowest BCUT2D eigenvalue weighted by Gasteiger charge is -2.26. The number of sulfonamides is 1. The number of rotatable bonds is 4. The topological polar surface area (TPSA) is 89.3 Å². The van der Waals surface area contributed by atoms with Crippen LogP contribution in [0.5, 0.6) is 0 Å². The van der Waals surface area contributed by atoms with Crippen LogP contribution in [0.2, 0.25) is 0 Å². The minimum Gasteiger partial charge on any atom is -0.353 e. The van der Waals surface area contributed by atoms with Crippen molar-refractivity contribution in [3.8, 4) is 0 Å². The van der Waals surface area contributed by atoms with E-state index in [0.29, 0.717) is 10.9 Å². The van der Waals surface area contributed by atoms with Crippen molar-refractivity contribution < 1.29 is 13.2 Å². The molecule has 2 rings (SSSR count). The lowest BCUT2D eigenvalue weighted by Crippen LogP contribution is -2.40. The molecule has 0 unspecified atom stereocenters. The first kappa shape index (κ1) is 12.5. The molecule has 1 aliphatic rings. The Balaban J connectivity index is 1.94. The molecule has 3 N–H and O–H groups in total. The predicted octanol–water partition coefficient (Wildman–Crippen LogP) is 0.607. The summed E-state index contributed by atoms with van der Waals surface area (Å²) in [7, 11) is -3.65. The molecular formula is C10H14N2O3S2. The van der Waals surface area contributed by atoms with Gasteiger partial charge in [-0.25, -0.2) is 13.6 Å². The largest absolute Gasteiger partial charge is 0.353 e. The average molecular weight is 274 g/mol. The van der Waals surface area contributed by atoms with E-state index in [1.54, 1.807) is 6.07 Å². The van der Waals surface area contributed by atoms with Crippen LogP contribution in [-0.4, -0.2) is 20.4 Å². The summed E-state index contributed by atoms with van der Waals surface area (Å²) in [4.78, 5) is 12.3. The van der Waals surface area contributed by atoms with Crippen LogP contribution in [0, 0.1) is 0 Å². The second kappa shape index (κ2) is 4.75. The van der Waals surface area contributed by atoms with Crippen LogP contribution in [0.25, 0.3) is 0 Å². The average Bonchev–Trinajstić information content (AvgIpc) is 2.59. The molecule has 0 aliphatic heterocycles. The van der Waals surface area contributed by atoms with Gasteiger partial charge in [-0.1, -0.05) is 0 Å². The van der Waals surface area contributed by atoms with Gasteiger partial charge in [-0.3, -0.25) is 4.79 Å². The Morgan fingerprint density at radius 2 is 2.18 bits per heavy atom. The van der Waals surface area contributed by atoms with Crippen LogP contribution < -0.4 is 10.5 Å². The summed E-state index contributed by atoms with van der Waals surface area (Å²) >= 11 is 1.05. The lowest BCUT2D eigenvalue weighted by molar-refractivity contribution is -0.121. The fourth-order valence-electron chi connectivity index (χ4n) is 1.60. The van der Waals surface area contributed by atoms with Crippen molar-refractivity contribution in [1.82, 2.24) is 5.32 Å². The Labute approximate surface area is 104 Å². The zero-order valence-electron chi connectivity index (χ0n) is 9.18. The third-order valence-electron chi connectivity index (χ3n) is 2.72. The zero-order valence-corrected chi connectivity index (χ0v) is 10.8. The van der Waals surface area contributed by atoms with E-state index in [2.05, 4.69) is 5.32 Å². The van der Waals surface area contributed by atoms with Gasteiger partial charge in [-0.15, -0.1) is 11.3 Å². The summed E-state index contributed by atoms with van der Waals surface area (Å²) in [5.74, 6) is -0.0579. The smallest absolute Gasteiger partial charge is 0.247 e. The summed E-state index contributed by atoms with van der Waals surface area (Å²) in [5, 5.41) is 7.89. The van der Waals surface area contributed by atoms with Gasteiger partial charge in [-0.2, -0.15) is 0 Å². The molecule has 0 radical (unpaired) electrons. The van der Waals surface area contributed by atoms with Crippen molar-refractivity contribution >= 4 is 27.3 Å². The highest BCUT2D eigenvalue weighted by Gasteiger charge is 2.20. The Kier molecular flexibility index (Phi) is 3.50. The number of thiophene rings is 1. The molecule has 1 heterocycles. The molecule has 0 aromatic carbocycles. The van der Waals surface area contributed by atoms with Gasteiger partial charge in [0, 0.05) is 10.9 Å². The number of nitrogens with one attached hydrogen (secondary N) is 1. The normalized spacial score (nSPS) is 16.5. The lowest BCUT2D eigenvalue weighted by atomic mass is 9.93. The highest BCUT2D eigenvalue weighted by atomic mass is 32.2.